The van der Waals surface area contributed by atoms with Crippen molar-refractivity contribution in [1.82, 2.24) is 29.9 Å². The molecule has 4 atom stereocenters. The fourth-order valence-corrected chi connectivity index (χ4v) is 6.17. The van der Waals surface area contributed by atoms with Crippen LogP contribution in [0.2, 0.25) is 0 Å². The summed E-state index contributed by atoms with van der Waals surface area (Å²) in [6.07, 6.45) is 7.02. The van der Waals surface area contributed by atoms with E-state index in [1.165, 1.54) is 0 Å². The average Bonchev–Trinajstić information content (AvgIpc) is 3.54. The van der Waals surface area contributed by atoms with Gasteiger partial charge in [-0.3, -0.25) is 14.8 Å². The van der Waals surface area contributed by atoms with E-state index in [-0.39, 0.29) is 18.5 Å². The van der Waals surface area contributed by atoms with Gasteiger partial charge in [0.1, 0.15) is 0 Å². The summed E-state index contributed by atoms with van der Waals surface area (Å²) in [4.78, 5) is 52.0. The molecule has 2 unspecified atom stereocenters. The highest BCUT2D eigenvalue weighted by molar-refractivity contribution is 5.96. The van der Waals surface area contributed by atoms with Crippen LogP contribution in [0.25, 0.3) is 0 Å². The SMILES string of the molecule is CC1CN(C)CCN1c1nccc([N+]2(C(=O)[C@H](CC3CCCC3)CN(O)C=O)NCC[C@H]2C(N)=O)n1. The van der Waals surface area contributed by atoms with E-state index in [4.69, 9.17) is 10.7 Å². The van der Waals surface area contributed by atoms with Crippen LogP contribution < -0.4 is 20.7 Å². The number of nitrogens with two attached hydrogens (primary N) is 1. The number of likely N-dealkylation sites (N-methyl/N-ethyl adjacent to an activating group) is 1. The van der Waals surface area contributed by atoms with Gasteiger partial charge in [0.2, 0.25) is 12.4 Å². The summed E-state index contributed by atoms with van der Waals surface area (Å²) in [5, 5.41) is 10.6. The number of nitrogens with zero attached hydrogens (tertiary/aromatic N) is 6. The molecule has 36 heavy (non-hydrogen) atoms. The average molecular weight is 504 g/mol. The summed E-state index contributed by atoms with van der Waals surface area (Å²) in [5.74, 6) is -0.446. The van der Waals surface area contributed by atoms with Gasteiger partial charge in [-0.05, 0) is 26.3 Å². The predicted molar refractivity (Wildman–Crippen MR) is 133 cm³/mol. The summed E-state index contributed by atoms with van der Waals surface area (Å²) in [7, 11) is 2.07. The molecule has 0 aromatic carbocycles. The molecule has 3 heterocycles. The highest BCUT2D eigenvalue weighted by Gasteiger charge is 2.57. The van der Waals surface area contributed by atoms with Crippen molar-refractivity contribution in [1.29, 1.82) is 0 Å². The summed E-state index contributed by atoms with van der Waals surface area (Å²) < 4.78 is -0.531. The Hall–Kier alpha value is -2.67. The molecule has 3 aliphatic rings. The number of quaternary nitrogens is 1. The lowest BCUT2D eigenvalue weighted by Gasteiger charge is -2.39. The van der Waals surface area contributed by atoms with Crippen LogP contribution in [0.5, 0.6) is 0 Å². The highest BCUT2D eigenvalue weighted by atomic mass is 16.5. The number of hydroxylamine groups is 2. The molecule has 0 bridgehead atoms. The van der Waals surface area contributed by atoms with Crippen LogP contribution >= 0.6 is 0 Å². The third-order valence-electron chi connectivity index (χ3n) is 7.97. The van der Waals surface area contributed by atoms with Gasteiger partial charge in [-0.15, -0.1) is 4.59 Å². The summed E-state index contributed by atoms with van der Waals surface area (Å²) in [5.41, 5.74) is 9.08. The van der Waals surface area contributed by atoms with Crippen LogP contribution in [0.1, 0.15) is 45.4 Å². The van der Waals surface area contributed by atoms with E-state index < -0.39 is 22.5 Å². The summed E-state index contributed by atoms with van der Waals surface area (Å²) in [6, 6.07) is 0.964. The van der Waals surface area contributed by atoms with Gasteiger partial charge in [0.15, 0.2) is 6.04 Å². The van der Waals surface area contributed by atoms with E-state index in [9.17, 15) is 19.6 Å². The van der Waals surface area contributed by atoms with Crippen LogP contribution in [-0.2, 0) is 14.4 Å². The Morgan fingerprint density at radius 3 is 2.75 bits per heavy atom. The molecule has 198 valence electrons. The van der Waals surface area contributed by atoms with Crippen molar-refractivity contribution in [3.05, 3.63) is 12.3 Å². The Bertz CT molecular complexity index is 958. The lowest BCUT2D eigenvalue weighted by molar-refractivity contribution is -0.159. The van der Waals surface area contributed by atoms with Crippen LogP contribution in [0, 0.1) is 11.8 Å². The molecule has 12 nitrogen and oxygen atoms in total. The van der Waals surface area contributed by atoms with Crippen molar-refractivity contribution in [2.75, 3.05) is 44.7 Å². The number of amides is 3. The maximum Gasteiger partial charge on any atom is 0.344 e. The molecule has 0 spiro atoms. The number of carbonyl (C=O) groups excluding carboxylic acids is 3. The minimum atomic E-state index is -0.861. The van der Waals surface area contributed by atoms with E-state index in [2.05, 4.69) is 34.2 Å². The molecule has 3 amide bonds. The number of aromatic nitrogens is 2. The molecule has 0 radical (unpaired) electrons. The molecular formula is C24H39N8O4+. The van der Waals surface area contributed by atoms with Gasteiger partial charge in [-0.1, -0.05) is 25.7 Å². The fourth-order valence-electron chi connectivity index (χ4n) is 6.17. The zero-order chi connectivity index (χ0) is 25.9. The van der Waals surface area contributed by atoms with Gasteiger partial charge in [0, 0.05) is 44.4 Å². The molecule has 1 aromatic heterocycles. The zero-order valence-electron chi connectivity index (χ0n) is 21.3. The number of nitrogens with one attached hydrogen (secondary N) is 1. The molecule has 4 N–H and O–H groups in total. The Labute approximate surface area is 211 Å². The topological polar surface area (TPSA) is 145 Å². The Morgan fingerprint density at radius 1 is 1.33 bits per heavy atom. The van der Waals surface area contributed by atoms with E-state index in [1.807, 2.05) is 0 Å². The zero-order valence-corrected chi connectivity index (χ0v) is 21.3. The van der Waals surface area contributed by atoms with E-state index in [1.54, 1.807) is 12.3 Å². The third kappa shape index (κ3) is 5.22. The molecule has 3 fully saturated rings. The first-order valence-corrected chi connectivity index (χ1v) is 12.9. The van der Waals surface area contributed by atoms with Gasteiger partial charge >= 0.3 is 5.91 Å². The minimum Gasteiger partial charge on any atom is -0.364 e. The van der Waals surface area contributed by atoms with Gasteiger partial charge in [-0.25, -0.2) is 14.8 Å². The molecule has 1 saturated carbocycles. The Balaban J connectivity index is 1.73. The van der Waals surface area contributed by atoms with Crippen LogP contribution in [0.15, 0.2) is 12.3 Å². The number of hydrogen-bond acceptors (Lipinski definition) is 9. The van der Waals surface area contributed by atoms with Gasteiger partial charge in [-0.2, -0.15) is 10.4 Å². The Kier molecular flexibility index (Phi) is 8.18. The molecule has 2 saturated heterocycles. The molecule has 12 heteroatoms. The van der Waals surface area contributed by atoms with Crippen LogP contribution in [0.4, 0.5) is 11.8 Å². The maximum absolute atomic E-state index is 14.4. The number of anilines is 1. The van der Waals surface area contributed by atoms with Crippen LogP contribution in [0.3, 0.4) is 0 Å². The van der Waals surface area contributed by atoms with Crippen molar-refractivity contribution in [2.24, 2.45) is 17.6 Å². The first-order valence-electron chi connectivity index (χ1n) is 12.9. The third-order valence-corrected chi connectivity index (χ3v) is 7.97. The fraction of sp³-hybridized carbons (Fsp3) is 0.708. The number of primary amides is 1. The van der Waals surface area contributed by atoms with Gasteiger partial charge in [0.05, 0.1) is 19.0 Å². The minimum absolute atomic E-state index is 0.153. The molecule has 4 rings (SSSR count). The van der Waals surface area contributed by atoms with Crippen molar-refractivity contribution in [3.8, 4) is 0 Å². The van der Waals surface area contributed by atoms with E-state index in [0.717, 1.165) is 45.3 Å². The van der Waals surface area contributed by atoms with Crippen LogP contribution in [-0.4, -0.2) is 95.2 Å². The first kappa shape index (κ1) is 26.4. The van der Waals surface area contributed by atoms with Crippen molar-refractivity contribution in [2.45, 2.75) is 57.5 Å². The lowest BCUT2D eigenvalue weighted by Crippen LogP contribution is -2.69. The second-order valence-electron chi connectivity index (χ2n) is 10.5. The number of piperazine rings is 1. The number of hydrogen-bond donors (Lipinski definition) is 3. The molecule has 2 aliphatic heterocycles. The van der Waals surface area contributed by atoms with Crippen molar-refractivity contribution in [3.63, 3.8) is 0 Å². The molecular weight excluding hydrogens is 464 g/mol. The highest BCUT2D eigenvalue weighted by Crippen LogP contribution is 2.36. The Morgan fingerprint density at radius 2 is 2.08 bits per heavy atom. The molecule has 1 aliphatic carbocycles. The predicted octanol–water partition coefficient (Wildman–Crippen LogP) is 0.257. The number of carbonyl (C=O) groups is 3. The normalized spacial score (nSPS) is 28.2. The second-order valence-corrected chi connectivity index (χ2v) is 10.5. The van der Waals surface area contributed by atoms with E-state index >= 15 is 0 Å². The quantitative estimate of drug-likeness (QED) is 0.187. The van der Waals surface area contributed by atoms with Crippen molar-refractivity contribution >= 4 is 30.0 Å². The largest absolute Gasteiger partial charge is 0.364 e. The lowest BCUT2D eigenvalue weighted by atomic mass is 9.91. The number of rotatable bonds is 9. The van der Waals surface area contributed by atoms with Crippen molar-refractivity contribution < 1.29 is 19.6 Å². The summed E-state index contributed by atoms with van der Waals surface area (Å²) in [6.45, 7) is 4.81. The summed E-state index contributed by atoms with van der Waals surface area (Å²) >= 11 is 0. The van der Waals surface area contributed by atoms with Gasteiger partial charge < -0.3 is 15.5 Å². The first-order chi connectivity index (χ1) is 17.3. The monoisotopic (exact) mass is 503 g/mol. The second kappa shape index (κ2) is 11.2. The van der Waals surface area contributed by atoms with Gasteiger partial charge in [0.25, 0.3) is 11.7 Å². The maximum atomic E-state index is 14.4. The smallest absolute Gasteiger partial charge is 0.344 e. The standard InChI is InChI=1S/C24H38N8O4/c1-17-14-29(2)11-12-31(17)24-26-9-8-21(28-24)32(20(22(25)34)7-10-27-32)23(35)19(15-30(36)16-33)13-18-5-3-4-6-18/h8-9,16-20,27,36H,3-7,10-15H2,1-2H3,(H-,25,34)/p+1/t17?,19-,20+,32?/m1/s1. The van der Waals surface area contributed by atoms with E-state index in [0.29, 0.717) is 48.5 Å². The molecule has 1 aromatic rings.